The van der Waals surface area contributed by atoms with Crippen molar-refractivity contribution in [3.8, 4) is 11.4 Å². The zero-order chi connectivity index (χ0) is 21.2. The summed E-state index contributed by atoms with van der Waals surface area (Å²) in [4.78, 5) is 36.3. The van der Waals surface area contributed by atoms with E-state index in [4.69, 9.17) is 4.98 Å². The quantitative estimate of drug-likeness (QED) is 0.445. The van der Waals surface area contributed by atoms with Crippen LogP contribution in [-0.2, 0) is 12.8 Å². The van der Waals surface area contributed by atoms with Gasteiger partial charge in [-0.15, -0.1) is 0 Å². The van der Waals surface area contributed by atoms with Gasteiger partial charge in [0.1, 0.15) is 5.82 Å². The summed E-state index contributed by atoms with van der Waals surface area (Å²) in [6, 6.07) is 17.3. The largest absolute Gasteiger partial charge is 0.361 e. The molecule has 6 nitrogen and oxygen atoms in total. The van der Waals surface area contributed by atoms with E-state index < -0.39 is 0 Å². The highest BCUT2D eigenvalue weighted by molar-refractivity contribution is 6.06. The van der Waals surface area contributed by atoms with Gasteiger partial charge in [-0.05, 0) is 49.8 Å². The Morgan fingerprint density at radius 3 is 2.74 bits per heavy atom. The third-order valence-electron chi connectivity index (χ3n) is 6.13. The molecule has 0 fully saturated rings. The second-order valence-electron chi connectivity index (χ2n) is 8.10. The number of hydrogen-bond donors (Lipinski definition) is 3. The van der Waals surface area contributed by atoms with Crippen molar-refractivity contribution in [1.82, 2.24) is 20.3 Å². The molecule has 1 atom stereocenters. The molecule has 156 valence electrons. The minimum Gasteiger partial charge on any atom is -0.361 e. The zero-order valence-corrected chi connectivity index (χ0v) is 17.2. The molecule has 0 saturated heterocycles. The molecule has 0 aliphatic heterocycles. The third-order valence-corrected chi connectivity index (χ3v) is 6.13. The SMILES string of the molecule is O=C(NCC1CCc2nc(-c3ccccc3)[nH]c(=O)c2CC1)c1cccc2[nH]ccc12. The van der Waals surface area contributed by atoms with Crippen molar-refractivity contribution in [2.75, 3.05) is 6.54 Å². The van der Waals surface area contributed by atoms with E-state index in [0.29, 0.717) is 30.3 Å². The van der Waals surface area contributed by atoms with Gasteiger partial charge >= 0.3 is 0 Å². The van der Waals surface area contributed by atoms with Gasteiger partial charge < -0.3 is 15.3 Å². The molecule has 6 heteroatoms. The van der Waals surface area contributed by atoms with E-state index in [-0.39, 0.29) is 11.5 Å². The molecule has 0 saturated carbocycles. The van der Waals surface area contributed by atoms with Gasteiger partial charge in [-0.25, -0.2) is 4.98 Å². The van der Waals surface area contributed by atoms with Crippen molar-refractivity contribution in [3.05, 3.63) is 88.0 Å². The average Bonchev–Trinajstić information content (AvgIpc) is 3.19. The van der Waals surface area contributed by atoms with Crippen LogP contribution in [-0.4, -0.2) is 27.4 Å². The molecule has 1 aliphatic carbocycles. The number of benzene rings is 2. The Balaban J connectivity index is 1.28. The summed E-state index contributed by atoms with van der Waals surface area (Å²) in [5.74, 6) is 0.869. The molecular formula is C25H24N4O2. The second-order valence-corrected chi connectivity index (χ2v) is 8.10. The molecule has 2 aromatic carbocycles. The van der Waals surface area contributed by atoms with Crippen LogP contribution in [0, 0.1) is 5.92 Å². The van der Waals surface area contributed by atoms with Crippen molar-refractivity contribution in [2.24, 2.45) is 5.92 Å². The monoisotopic (exact) mass is 412 g/mol. The molecule has 0 radical (unpaired) electrons. The van der Waals surface area contributed by atoms with Crippen LogP contribution in [0.4, 0.5) is 0 Å². The number of carbonyl (C=O) groups is 1. The van der Waals surface area contributed by atoms with Crippen molar-refractivity contribution < 1.29 is 4.79 Å². The summed E-state index contributed by atoms with van der Waals surface area (Å²) >= 11 is 0. The van der Waals surface area contributed by atoms with Gasteiger partial charge in [0.2, 0.25) is 0 Å². The molecule has 4 aromatic rings. The van der Waals surface area contributed by atoms with Crippen molar-refractivity contribution in [2.45, 2.75) is 25.7 Å². The number of hydrogen-bond acceptors (Lipinski definition) is 3. The summed E-state index contributed by atoms with van der Waals surface area (Å²) in [5, 5.41) is 4.03. The summed E-state index contributed by atoms with van der Waals surface area (Å²) in [7, 11) is 0. The molecule has 3 N–H and O–H groups in total. The normalized spacial score (nSPS) is 15.9. The maximum atomic E-state index is 12.8. The van der Waals surface area contributed by atoms with Crippen LogP contribution in [0.1, 0.15) is 34.5 Å². The van der Waals surface area contributed by atoms with Crippen LogP contribution in [0.2, 0.25) is 0 Å². The number of amides is 1. The lowest BCUT2D eigenvalue weighted by molar-refractivity contribution is 0.0947. The Bertz CT molecular complexity index is 1290. The number of aromatic amines is 2. The number of fused-ring (bicyclic) bond motifs is 2. The van der Waals surface area contributed by atoms with Crippen LogP contribution >= 0.6 is 0 Å². The van der Waals surface area contributed by atoms with Crippen LogP contribution in [0.25, 0.3) is 22.3 Å². The highest BCUT2D eigenvalue weighted by atomic mass is 16.1. The first-order valence-corrected chi connectivity index (χ1v) is 10.7. The van der Waals surface area contributed by atoms with Crippen LogP contribution in [0.5, 0.6) is 0 Å². The highest BCUT2D eigenvalue weighted by Crippen LogP contribution is 2.23. The van der Waals surface area contributed by atoms with Crippen LogP contribution in [0.15, 0.2) is 65.6 Å². The summed E-state index contributed by atoms with van der Waals surface area (Å²) < 4.78 is 0. The molecule has 1 unspecified atom stereocenters. The standard InChI is InChI=1S/C25H24N4O2/c30-24(19-7-4-8-21-18(19)13-14-26-21)27-15-16-9-11-20-22(12-10-16)28-23(29-25(20)31)17-5-2-1-3-6-17/h1-8,13-14,16,26H,9-12,15H2,(H,27,30)(H,28,29,31). The summed E-state index contributed by atoms with van der Waals surface area (Å²) in [6.45, 7) is 0.594. The van der Waals surface area contributed by atoms with E-state index in [1.54, 1.807) is 0 Å². The van der Waals surface area contributed by atoms with Crippen LogP contribution < -0.4 is 10.9 Å². The lowest BCUT2D eigenvalue weighted by Gasteiger charge is -2.15. The molecular weight excluding hydrogens is 388 g/mol. The average molecular weight is 412 g/mol. The Morgan fingerprint density at radius 1 is 1.03 bits per heavy atom. The number of nitrogens with one attached hydrogen (secondary N) is 3. The first-order valence-electron chi connectivity index (χ1n) is 10.7. The fourth-order valence-electron chi connectivity index (χ4n) is 4.40. The maximum Gasteiger partial charge on any atom is 0.254 e. The van der Waals surface area contributed by atoms with Gasteiger partial charge in [0.25, 0.3) is 11.5 Å². The summed E-state index contributed by atoms with van der Waals surface area (Å²) in [6.07, 6.45) is 5.02. The molecule has 1 aliphatic rings. The van der Waals surface area contributed by atoms with Gasteiger partial charge in [-0.3, -0.25) is 9.59 Å². The molecule has 0 spiro atoms. The fourth-order valence-corrected chi connectivity index (χ4v) is 4.40. The molecule has 2 aromatic heterocycles. The molecule has 2 heterocycles. The van der Waals surface area contributed by atoms with E-state index in [9.17, 15) is 9.59 Å². The lowest BCUT2D eigenvalue weighted by atomic mass is 9.99. The lowest BCUT2D eigenvalue weighted by Crippen LogP contribution is -2.29. The Hall–Kier alpha value is -3.67. The molecule has 5 rings (SSSR count). The molecule has 1 amide bonds. The minimum atomic E-state index is -0.0608. The van der Waals surface area contributed by atoms with Gasteiger partial charge in [0.15, 0.2) is 0 Å². The minimum absolute atomic E-state index is 0.0484. The number of aromatic nitrogens is 3. The van der Waals surface area contributed by atoms with E-state index in [1.165, 1.54) is 0 Å². The number of nitrogens with zero attached hydrogens (tertiary/aromatic N) is 1. The number of aryl methyl sites for hydroxylation is 1. The summed E-state index contributed by atoms with van der Waals surface area (Å²) in [5.41, 5.74) is 4.17. The van der Waals surface area contributed by atoms with E-state index in [2.05, 4.69) is 15.3 Å². The number of carbonyl (C=O) groups excluding carboxylic acids is 1. The van der Waals surface area contributed by atoms with Gasteiger partial charge in [0, 0.05) is 40.3 Å². The van der Waals surface area contributed by atoms with Crippen LogP contribution in [0.3, 0.4) is 0 Å². The zero-order valence-electron chi connectivity index (χ0n) is 17.2. The van der Waals surface area contributed by atoms with Gasteiger partial charge in [-0.2, -0.15) is 0 Å². The van der Waals surface area contributed by atoms with Crippen molar-refractivity contribution >= 4 is 16.8 Å². The Morgan fingerprint density at radius 2 is 1.87 bits per heavy atom. The number of rotatable bonds is 4. The highest BCUT2D eigenvalue weighted by Gasteiger charge is 2.21. The predicted octanol–water partition coefficient (Wildman–Crippen LogP) is 3.84. The van der Waals surface area contributed by atoms with Gasteiger partial charge in [-0.1, -0.05) is 36.4 Å². The van der Waals surface area contributed by atoms with E-state index >= 15 is 0 Å². The Labute approximate surface area is 179 Å². The first-order chi connectivity index (χ1) is 15.2. The van der Waals surface area contributed by atoms with Crippen molar-refractivity contribution in [3.63, 3.8) is 0 Å². The first kappa shape index (κ1) is 19.3. The van der Waals surface area contributed by atoms with Crippen molar-refractivity contribution in [1.29, 1.82) is 0 Å². The molecule has 0 bridgehead atoms. The predicted molar refractivity (Wildman–Crippen MR) is 121 cm³/mol. The van der Waals surface area contributed by atoms with E-state index in [0.717, 1.165) is 47.0 Å². The number of H-pyrrole nitrogens is 2. The second kappa shape index (κ2) is 8.22. The topological polar surface area (TPSA) is 90.6 Å². The molecule has 31 heavy (non-hydrogen) atoms. The fraction of sp³-hybridized carbons (Fsp3) is 0.240. The third kappa shape index (κ3) is 3.89. The smallest absolute Gasteiger partial charge is 0.254 e. The Kier molecular flexibility index (Phi) is 5.12. The van der Waals surface area contributed by atoms with E-state index in [1.807, 2.05) is 60.8 Å². The maximum absolute atomic E-state index is 12.8. The van der Waals surface area contributed by atoms with Gasteiger partial charge in [0.05, 0.1) is 5.69 Å².